The van der Waals surface area contributed by atoms with Crippen molar-refractivity contribution >= 4 is 12.2 Å². The number of likely N-dealkylation sites (N-methyl/N-ethyl adjacent to an activating group) is 2. The van der Waals surface area contributed by atoms with E-state index in [1.807, 2.05) is 40.3 Å². The van der Waals surface area contributed by atoms with Crippen molar-refractivity contribution < 1.29 is 9.47 Å². The molecule has 1 aromatic carbocycles. The molecule has 0 spiro atoms. The van der Waals surface area contributed by atoms with Crippen molar-refractivity contribution in [2.75, 3.05) is 54.5 Å². The van der Waals surface area contributed by atoms with Crippen molar-refractivity contribution in [1.29, 1.82) is 0 Å². The first-order valence-corrected chi connectivity index (χ1v) is 7.54. The fourth-order valence-corrected chi connectivity index (χ4v) is 1.58. The molecule has 0 fully saturated rings. The average Bonchev–Trinajstić information content (AvgIpc) is 2.47. The van der Waals surface area contributed by atoms with Crippen LogP contribution in [0.15, 0.2) is 36.8 Å². The van der Waals surface area contributed by atoms with E-state index < -0.39 is 0 Å². The third kappa shape index (κ3) is 9.21. The van der Waals surface area contributed by atoms with Crippen molar-refractivity contribution in [3.05, 3.63) is 47.9 Å². The van der Waals surface area contributed by atoms with E-state index in [0.29, 0.717) is 13.2 Å². The molecular formula is C18H28N2O2. The van der Waals surface area contributed by atoms with E-state index in [-0.39, 0.29) is 0 Å². The van der Waals surface area contributed by atoms with Gasteiger partial charge in [0.15, 0.2) is 0 Å². The number of nitrogens with zero attached hydrogens (tertiary/aromatic N) is 2. The van der Waals surface area contributed by atoms with Crippen LogP contribution in [0.3, 0.4) is 0 Å². The fraction of sp³-hybridized carbons (Fsp3) is 0.444. The quantitative estimate of drug-likeness (QED) is 0.490. The molecule has 4 heteroatoms. The van der Waals surface area contributed by atoms with Crippen LogP contribution in [0.25, 0.3) is 12.2 Å². The van der Waals surface area contributed by atoms with Gasteiger partial charge in [0.1, 0.15) is 0 Å². The Labute approximate surface area is 134 Å². The van der Waals surface area contributed by atoms with Crippen LogP contribution in [-0.4, -0.2) is 64.3 Å². The van der Waals surface area contributed by atoms with Gasteiger partial charge >= 0.3 is 0 Å². The molecule has 1 rings (SSSR count). The molecule has 0 saturated heterocycles. The molecule has 0 aliphatic heterocycles. The molecule has 0 radical (unpaired) electrons. The minimum absolute atomic E-state index is 0.703. The predicted molar refractivity (Wildman–Crippen MR) is 93.5 cm³/mol. The zero-order valence-corrected chi connectivity index (χ0v) is 14.2. The van der Waals surface area contributed by atoms with E-state index in [9.17, 15) is 0 Å². The van der Waals surface area contributed by atoms with E-state index in [4.69, 9.17) is 9.47 Å². The van der Waals surface area contributed by atoms with Crippen LogP contribution >= 0.6 is 0 Å². The van der Waals surface area contributed by atoms with Crippen LogP contribution in [0.1, 0.15) is 11.1 Å². The highest BCUT2D eigenvalue weighted by molar-refractivity contribution is 5.54. The van der Waals surface area contributed by atoms with Crippen LogP contribution in [0.5, 0.6) is 0 Å². The Morgan fingerprint density at radius 2 is 1.09 bits per heavy atom. The number of rotatable bonds is 10. The van der Waals surface area contributed by atoms with Crippen molar-refractivity contribution in [1.82, 2.24) is 9.80 Å². The Balaban J connectivity index is 2.30. The van der Waals surface area contributed by atoms with E-state index in [2.05, 4.69) is 34.1 Å². The largest absolute Gasteiger partial charge is 0.500 e. The maximum Gasteiger partial charge on any atom is 0.0999 e. The standard InChI is InChI=1S/C18H28N2O2/c1-19(2)11-15-21-13-9-17-5-7-18(8-6-17)10-14-22-16-12-20(3)4/h5-10,13-14H,11-12,15-16H2,1-4H3/b13-9+,14-10+. The van der Waals surface area contributed by atoms with Gasteiger partial charge in [-0.25, -0.2) is 0 Å². The van der Waals surface area contributed by atoms with Crippen LogP contribution in [0.2, 0.25) is 0 Å². The molecule has 0 aliphatic carbocycles. The normalized spacial score (nSPS) is 11.9. The Bertz CT molecular complexity index is 408. The highest BCUT2D eigenvalue weighted by atomic mass is 16.5. The first-order chi connectivity index (χ1) is 10.6. The summed E-state index contributed by atoms with van der Waals surface area (Å²) in [5.41, 5.74) is 2.24. The van der Waals surface area contributed by atoms with Gasteiger partial charge in [0.25, 0.3) is 0 Å². The monoisotopic (exact) mass is 304 g/mol. The Morgan fingerprint density at radius 3 is 1.41 bits per heavy atom. The number of hydrogen-bond donors (Lipinski definition) is 0. The first-order valence-electron chi connectivity index (χ1n) is 7.54. The van der Waals surface area contributed by atoms with Gasteiger partial charge in [-0.05, 0) is 51.5 Å². The molecule has 0 heterocycles. The van der Waals surface area contributed by atoms with Gasteiger partial charge in [0, 0.05) is 13.1 Å². The van der Waals surface area contributed by atoms with E-state index >= 15 is 0 Å². The van der Waals surface area contributed by atoms with Crippen LogP contribution in [-0.2, 0) is 9.47 Å². The molecule has 0 unspecified atom stereocenters. The zero-order chi connectivity index (χ0) is 16.2. The topological polar surface area (TPSA) is 24.9 Å². The van der Waals surface area contributed by atoms with Crippen molar-refractivity contribution in [3.63, 3.8) is 0 Å². The van der Waals surface area contributed by atoms with Crippen LogP contribution < -0.4 is 0 Å². The third-order valence-corrected chi connectivity index (χ3v) is 2.96. The van der Waals surface area contributed by atoms with Gasteiger partial charge < -0.3 is 19.3 Å². The van der Waals surface area contributed by atoms with Gasteiger partial charge in [-0.15, -0.1) is 0 Å². The number of benzene rings is 1. The summed E-state index contributed by atoms with van der Waals surface area (Å²) in [4.78, 5) is 4.19. The van der Waals surface area contributed by atoms with Gasteiger partial charge in [-0.1, -0.05) is 24.3 Å². The van der Waals surface area contributed by atoms with E-state index in [0.717, 1.165) is 24.2 Å². The lowest BCUT2D eigenvalue weighted by Crippen LogP contribution is -2.16. The molecule has 0 amide bonds. The van der Waals surface area contributed by atoms with Crippen LogP contribution in [0, 0.1) is 0 Å². The van der Waals surface area contributed by atoms with Crippen LogP contribution in [0.4, 0.5) is 0 Å². The molecule has 0 saturated carbocycles. The SMILES string of the molecule is CN(C)CCO/C=C/c1ccc(/C=C/OCCN(C)C)cc1. The van der Waals surface area contributed by atoms with E-state index in [1.54, 1.807) is 12.5 Å². The Hall–Kier alpha value is -1.78. The molecule has 0 aliphatic rings. The second-order valence-electron chi connectivity index (χ2n) is 5.62. The molecule has 0 aromatic heterocycles. The molecular weight excluding hydrogens is 276 g/mol. The van der Waals surface area contributed by atoms with E-state index in [1.165, 1.54) is 0 Å². The Kier molecular flexibility index (Phi) is 9.03. The molecule has 4 nitrogen and oxygen atoms in total. The number of hydrogen-bond acceptors (Lipinski definition) is 4. The minimum Gasteiger partial charge on any atom is -0.500 e. The summed E-state index contributed by atoms with van der Waals surface area (Å²) in [5.74, 6) is 0. The Morgan fingerprint density at radius 1 is 0.727 bits per heavy atom. The second-order valence-corrected chi connectivity index (χ2v) is 5.62. The molecule has 0 atom stereocenters. The van der Waals surface area contributed by atoms with Crippen molar-refractivity contribution in [3.8, 4) is 0 Å². The lowest BCUT2D eigenvalue weighted by Gasteiger charge is -2.08. The number of ether oxygens (including phenoxy) is 2. The third-order valence-electron chi connectivity index (χ3n) is 2.96. The molecule has 22 heavy (non-hydrogen) atoms. The highest BCUT2D eigenvalue weighted by Gasteiger charge is 1.91. The second kappa shape index (κ2) is 10.9. The summed E-state index contributed by atoms with van der Waals surface area (Å²) in [6.07, 6.45) is 7.44. The minimum atomic E-state index is 0.703. The highest BCUT2D eigenvalue weighted by Crippen LogP contribution is 2.08. The summed E-state index contributed by atoms with van der Waals surface area (Å²) in [5, 5.41) is 0. The smallest absolute Gasteiger partial charge is 0.0999 e. The lowest BCUT2D eigenvalue weighted by molar-refractivity contribution is 0.214. The van der Waals surface area contributed by atoms with Gasteiger partial charge in [0.2, 0.25) is 0 Å². The molecule has 0 bridgehead atoms. The van der Waals surface area contributed by atoms with Gasteiger partial charge in [-0.2, -0.15) is 0 Å². The van der Waals surface area contributed by atoms with Gasteiger partial charge in [-0.3, -0.25) is 0 Å². The fourth-order valence-electron chi connectivity index (χ4n) is 1.58. The summed E-state index contributed by atoms with van der Waals surface area (Å²) < 4.78 is 10.9. The average molecular weight is 304 g/mol. The van der Waals surface area contributed by atoms with Crippen molar-refractivity contribution in [2.45, 2.75) is 0 Å². The zero-order valence-electron chi connectivity index (χ0n) is 14.2. The molecule has 1 aromatic rings. The summed E-state index contributed by atoms with van der Waals surface area (Å²) in [7, 11) is 8.13. The predicted octanol–water partition coefficient (Wildman–Crippen LogP) is 2.78. The maximum atomic E-state index is 5.43. The summed E-state index contributed by atoms with van der Waals surface area (Å²) in [6.45, 7) is 3.24. The van der Waals surface area contributed by atoms with Gasteiger partial charge in [0.05, 0.1) is 25.7 Å². The summed E-state index contributed by atoms with van der Waals surface area (Å²) in [6, 6.07) is 8.24. The first kappa shape index (κ1) is 18.3. The molecule has 0 N–H and O–H groups in total. The molecule has 122 valence electrons. The van der Waals surface area contributed by atoms with Crippen molar-refractivity contribution in [2.24, 2.45) is 0 Å². The summed E-state index contributed by atoms with van der Waals surface area (Å²) >= 11 is 0. The lowest BCUT2D eigenvalue weighted by atomic mass is 10.1. The maximum absolute atomic E-state index is 5.43.